The lowest BCUT2D eigenvalue weighted by atomic mass is 9.57. The van der Waals surface area contributed by atoms with Crippen molar-refractivity contribution in [3.63, 3.8) is 0 Å². The van der Waals surface area contributed by atoms with Gasteiger partial charge in [0.2, 0.25) is 5.78 Å². The summed E-state index contributed by atoms with van der Waals surface area (Å²) in [5.41, 5.74) is 1.99. The number of carbonyl (C=O) groups excluding carboxylic acids is 3. The lowest BCUT2D eigenvalue weighted by Gasteiger charge is -2.50. The number of fused-ring (bicyclic) bond motifs is 3. The maximum atomic E-state index is 13.8. The number of hydrogen-bond donors (Lipinski definition) is 5. The van der Waals surface area contributed by atoms with Crippen LogP contribution in [0.5, 0.6) is 5.75 Å². The minimum absolute atomic E-state index is 0.0554. The number of carbonyl (C=O) groups is 3. The van der Waals surface area contributed by atoms with Gasteiger partial charge in [-0.2, -0.15) is 8.42 Å². The van der Waals surface area contributed by atoms with Gasteiger partial charge in [0.05, 0.1) is 17.9 Å². The molecule has 3 aliphatic carbocycles. The van der Waals surface area contributed by atoms with Crippen LogP contribution in [0.4, 0.5) is 0 Å². The number of ketones is 2. The maximum Gasteiger partial charge on any atom is 0.265 e. The second-order valence-corrected chi connectivity index (χ2v) is 11.4. The molecule has 6 N–H and O–H groups in total. The van der Waals surface area contributed by atoms with E-state index in [0.29, 0.717) is 11.1 Å². The monoisotopic (exact) mass is 546 g/mol. The van der Waals surface area contributed by atoms with Crippen LogP contribution in [-0.2, 0) is 35.1 Å². The molecule has 1 aromatic rings. The predicted octanol–water partition coefficient (Wildman–Crippen LogP) is -0.708. The summed E-state index contributed by atoms with van der Waals surface area (Å²) in [4.78, 5) is 40.3. The molecule has 13 heteroatoms. The normalized spacial score (nSPS) is 26.9. The van der Waals surface area contributed by atoms with Crippen LogP contribution in [0.2, 0.25) is 0 Å². The van der Waals surface area contributed by atoms with E-state index in [4.69, 9.17) is 5.73 Å². The van der Waals surface area contributed by atoms with Gasteiger partial charge in [-0.25, -0.2) is 0 Å². The van der Waals surface area contributed by atoms with E-state index in [1.165, 1.54) is 31.1 Å². The lowest BCUT2D eigenvalue weighted by molar-refractivity contribution is -0.153. The number of aromatic hydroxyl groups is 1. The molecule has 0 radical (unpaired) electrons. The van der Waals surface area contributed by atoms with Crippen LogP contribution < -0.4 is 5.73 Å². The van der Waals surface area contributed by atoms with Gasteiger partial charge in [-0.3, -0.25) is 23.5 Å². The first-order valence-corrected chi connectivity index (χ1v) is 13.3. The van der Waals surface area contributed by atoms with Crippen molar-refractivity contribution < 1.29 is 47.4 Å². The van der Waals surface area contributed by atoms with Crippen LogP contribution in [0, 0.1) is 23.7 Å². The van der Waals surface area contributed by atoms with Crippen molar-refractivity contribution in [2.24, 2.45) is 17.6 Å². The van der Waals surface area contributed by atoms with E-state index in [9.17, 15) is 43.2 Å². The van der Waals surface area contributed by atoms with E-state index in [-0.39, 0.29) is 29.7 Å². The standard InChI is InChI=1S/C25H26N2O10S/c1-27(2)19-14-10-12-9-13-11(5-4-8-37-38(3,35)36)6-7-15(28)17(13)20(29)16(12)22(31)25(14,34)23(32)18(21(19)30)24(26)33/h6-7,12,14,19,28-29,32,34H,8-10H2,1-3H3,(H2,26,33)/t12-,14-,19-,25-/m0/s1. The van der Waals surface area contributed by atoms with Crippen molar-refractivity contribution in [3.05, 3.63) is 45.7 Å². The minimum Gasteiger partial charge on any atom is -0.508 e. The second-order valence-electron chi connectivity index (χ2n) is 9.72. The van der Waals surface area contributed by atoms with Crippen molar-refractivity contribution in [1.82, 2.24) is 4.90 Å². The summed E-state index contributed by atoms with van der Waals surface area (Å²) < 4.78 is 27.0. The molecule has 3 aliphatic rings. The highest BCUT2D eigenvalue weighted by Crippen LogP contribution is 2.52. The van der Waals surface area contributed by atoms with Gasteiger partial charge >= 0.3 is 0 Å². The molecular weight excluding hydrogens is 520 g/mol. The van der Waals surface area contributed by atoms with E-state index in [1.807, 2.05) is 0 Å². The Morgan fingerprint density at radius 1 is 1.24 bits per heavy atom. The number of primary amides is 1. The molecular formula is C25H26N2O10S. The van der Waals surface area contributed by atoms with E-state index in [1.54, 1.807) is 0 Å². The summed E-state index contributed by atoms with van der Waals surface area (Å²) in [6.07, 6.45) is 0.866. The van der Waals surface area contributed by atoms with E-state index in [0.717, 1.165) is 6.26 Å². The maximum absolute atomic E-state index is 13.8. The van der Waals surface area contributed by atoms with Crippen LogP contribution in [0.1, 0.15) is 23.1 Å². The Kier molecular flexibility index (Phi) is 6.65. The largest absolute Gasteiger partial charge is 0.508 e. The zero-order valence-electron chi connectivity index (χ0n) is 20.7. The zero-order valence-corrected chi connectivity index (χ0v) is 21.5. The highest BCUT2D eigenvalue weighted by molar-refractivity contribution is 7.86. The second kappa shape index (κ2) is 9.25. The number of nitrogens with two attached hydrogens (primary N) is 1. The molecule has 0 heterocycles. The fraction of sp³-hybridized carbons (Fsp3) is 0.400. The third-order valence-electron chi connectivity index (χ3n) is 7.17. The highest BCUT2D eigenvalue weighted by Gasteiger charge is 2.64. The van der Waals surface area contributed by atoms with Gasteiger partial charge < -0.3 is 26.2 Å². The zero-order chi connectivity index (χ0) is 28.3. The van der Waals surface area contributed by atoms with Gasteiger partial charge in [-0.15, -0.1) is 0 Å². The number of aliphatic hydroxyl groups excluding tert-OH is 2. The predicted molar refractivity (Wildman–Crippen MR) is 132 cm³/mol. The summed E-state index contributed by atoms with van der Waals surface area (Å²) in [5.74, 6) is -2.12. The summed E-state index contributed by atoms with van der Waals surface area (Å²) in [6, 6.07) is 1.50. The van der Waals surface area contributed by atoms with Gasteiger partial charge in [0.25, 0.3) is 16.0 Å². The van der Waals surface area contributed by atoms with Crippen LogP contribution in [0.3, 0.4) is 0 Å². The Balaban J connectivity index is 1.88. The van der Waals surface area contributed by atoms with Crippen molar-refractivity contribution in [2.45, 2.75) is 24.5 Å². The topological polar surface area (TPSA) is 205 Å². The van der Waals surface area contributed by atoms with Crippen molar-refractivity contribution >= 4 is 33.4 Å². The Labute approximate surface area is 218 Å². The Bertz CT molecular complexity index is 1510. The first-order valence-electron chi connectivity index (χ1n) is 11.4. The number of nitrogens with zero attached hydrogens (tertiary/aromatic N) is 1. The highest BCUT2D eigenvalue weighted by atomic mass is 32.2. The van der Waals surface area contributed by atoms with Gasteiger partial charge in [-0.05, 0) is 50.6 Å². The first kappa shape index (κ1) is 27.3. The van der Waals surface area contributed by atoms with E-state index in [2.05, 4.69) is 16.0 Å². The molecule has 0 spiro atoms. The lowest BCUT2D eigenvalue weighted by Crippen LogP contribution is -2.65. The summed E-state index contributed by atoms with van der Waals surface area (Å²) >= 11 is 0. The number of phenols is 1. The number of benzene rings is 1. The Morgan fingerprint density at radius 2 is 1.89 bits per heavy atom. The molecule has 12 nitrogen and oxygen atoms in total. The van der Waals surface area contributed by atoms with E-state index < -0.39 is 74.8 Å². The van der Waals surface area contributed by atoms with Crippen LogP contribution >= 0.6 is 0 Å². The number of phenolic OH excluding ortho intramolecular Hbond substituents is 1. The molecule has 202 valence electrons. The summed E-state index contributed by atoms with van der Waals surface area (Å²) in [6.45, 7) is -0.432. The van der Waals surface area contributed by atoms with E-state index >= 15 is 0 Å². The van der Waals surface area contributed by atoms with Crippen molar-refractivity contribution in [1.29, 1.82) is 0 Å². The molecule has 0 aliphatic heterocycles. The van der Waals surface area contributed by atoms with Gasteiger partial charge in [0.1, 0.15) is 29.4 Å². The number of rotatable bonds is 4. The minimum atomic E-state index is -3.72. The molecule has 1 fully saturated rings. The van der Waals surface area contributed by atoms with Crippen LogP contribution in [0.25, 0.3) is 5.76 Å². The smallest absolute Gasteiger partial charge is 0.265 e. The van der Waals surface area contributed by atoms with Crippen LogP contribution in [-0.4, -0.2) is 89.8 Å². The first-order chi connectivity index (χ1) is 17.6. The number of Topliss-reactive ketones (excluding diaryl/α,β-unsaturated/α-hetero) is 2. The summed E-state index contributed by atoms with van der Waals surface area (Å²) in [5, 5.41) is 44.1. The molecule has 38 heavy (non-hydrogen) atoms. The molecule has 4 rings (SSSR count). The van der Waals surface area contributed by atoms with Crippen molar-refractivity contribution in [3.8, 4) is 17.6 Å². The summed E-state index contributed by atoms with van der Waals surface area (Å²) in [7, 11) is -0.694. The third kappa shape index (κ3) is 4.15. The quantitative estimate of drug-likeness (QED) is 0.181. The Hall–Kier alpha value is -3.70. The molecule has 1 aromatic carbocycles. The molecule has 0 aromatic heterocycles. The average Bonchev–Trinajstić information content (AvgIpc) is 2.79. The van der Waals surface area contributed by atoms with Gasteiger partial charge in [0.15, 0.2) is 11.4 Å². The molecule has 1 amide bonds. The molecule has 4 atom stereocenters. The average molecular weight is 547 g/mol. The SMILES string of the molecule is CN(C)[C@@H]1C(=O)C(C(N)=O)=C(O)[C@@]2(O)C(=O)C3=C(O)c4c(O)ccc(C#CCOS(C)(=O)=O)c4C[C@H]3C[C@@H]12. The van der Waals surface area contributed by atoms with Gasteiger partial charge in [-0.1, -0.05) is 11.8 Å². The molecule has 0 saturated heterocycles. The number of likely N-dealkylation sites (N-methyl/N-ethyl adjacent to an activating group) is 1. The molecule has 0 unspecified atom stereocenters. The molecule has 1 saturated carbocycles. The third-order valence-corrected chi connectivity index (χ3v) is 7.72. The fourth-order valence-corrected chi connectivity index (χ4v) is 5.90. The number of hydrogen-bond acceptors (Lipinski definition) is 11. The Morgan fingerprint density at radius 3 is 2.47 bits per heavy atom. The van der Waals surface area contributed by atoms with Crippen molar-refractivity contribution in [2.75, 3.05) is 27.0 Å². The number of aliphatic hydroxyl groups is 3. The van der Waals surface area contributed by atoms with Crippen LogP contribution in [0.15, 0.2) is 29.0 Å². The fourth-order valence-electron chi connectivity index (χ4n) is 5.63. The molecule has 0 bridgehead atoms. The number of amides is 1. The van der Waals surface area contributed by atoms with Gasteiger partial charge in [0, 0.05) is 17.1 Å².